The minimum atomic E-state index is -0.198. The minimum Gasteiger partial charge on any atom is -0.329 e. The van der Waals surface area contributed by atoms with Gasteiger partial charge in [-0.15, -0.1) is 0 Å². The normalized spacial score (nSPS) is 13.4. The molecule has 0 aromatic heterocycles. The molecule has 3 heteroatoms. The lowest BCUT2D eigenvalue weighted by atomic mass is 10.0. The third kappa shape index (κ3) is 3.03. The van der Waals surface area contributed by atoms with Crippen LogP contribution in [0.15, 0.2) is 24.3 Å². The van der Waals surface area contributed by atoms with Gasteiger partial charge in [0.25, 0.3) is 0 Å². The first kappa shape index (κ1) is 13.1. The zero-order valence-corrected chi connectivity index (χ0v) is 10.3. The maximum Gasteiger partial charge on any atom is 0.123 e. The van der Waals surface area contributed by atoms with Gasteiger partial charge in [0, 0.05) is 18.6 Å². The van der Waals surface area contributed by atoms with Crippen molar-refractivity contribution < 1.29 is 4.39 Å². The number of hydrogen-bond acceptors (Lipinski definition) is 2. The molecule has 0 saturated heterocycles. The van der Waals surface area contributed by atoms with Gasteiger partial charge in [0.2, 0.25) is 0 Å². The molecular formula is C13H21FN2. The molecule has 0 aliphatic carbocycles. The van der Waals surface area contributed by atoms with E-state index in [-0.39, 0.29) is 11.9 Å². The number of likely N-dealkylation sites (N-methyl/N-ethyl adjacent to an activating group) is 1. The molecule has 0 aliphatic heterocycles. The highest BCUT2D eigenvalue weighted by Crippen LogP contribution is 2.22. The fourth-order valence-corrected chi connectivity index (χ4v) is 2.12. The van der Waals surface area contributed by atoms with Crippen molar-refractivity contribution >= 4 is 0 Å². The number of nitrogens with zero attached hydrogens (tertiary/aromatic N) is 1. The Bertz CT molecular complexity index is 325. The molecule has 90 valence electrons. The van der Waals surface area contributed by atoms with Crippen LogP contribution in [0.4, 0.5) is 4.39 Å². The van der Waals surface area contributed by atoms with Crippen LogP contribution in [0.1, 0.15) is 32.4 Å². The van der Waals surface area contributed by atoms with Crippen LogP contribution in [0.3, 0.4) is 0 Å². The molecule has 0 saturated carbocycles. The van der Waals surface area contributed by atoms with Gasteiger partial charge in [-0.25, -0.2) is 4.39 Å². The maximum atomic E-state index is 13.2. The van der Waals surface area contributed by atoms with Gasteiger partial charge >= 0.3 is 0 Å². The molecular weight excluding hydrogens is 203 g/mol. The quantitative estimate of drug-likeness (QED) is 0.833. The molecule has 0 amide bonds. The predicted molar refractivity (Wildman–Crippen MR) is 65.7 cm³/mol. The van der Waals surface area contributed by atoms with E-state index in [1.165, 1.54) is 6.07 Å². The molecule has 2 nitrogen and oxygen atoms in total. The molecule has 0 fully saturated rings. The van der Waals surface area contributed by atoms with E-state index in [0.29, 0.717) is 12.6 Å². The summed E-state index contributed by atoms with van der Waals surface area (Å²) < 4.78 is 13.2. The molecule has 2 N–H and O–H groups in total. The molecule has 1 rings (SSSR count). The van der Waals surface area contributed by atoms with E-state index in [0.717, 1.165) is 12.1 Å². The van der Waals surface area contributed by atoms with Gasteiger partial charge in [0.15, 0.2) is 0 Å². The van der Waals surface area contributed by atoms with Crippen LogP contribution in [-0.2, 0) is 0 Å². The van der Waals surface area contributed by atoms with E-state index in [2.05, 4.69) is 25.7 Å². The van der Waals surface area contributed by atoms with Crippen LogP contribution in [-0.4, -0.2) is 24.0 Å². The maximum absolute atomic E-state index is 13.2. The van der Waals surface area contributed by atoms with Gasteiger partial charge in [0.05, 0.1) is 0 Å². The molecule has 0 bridgehead atoms. The van der Waals surface area contributed by atoms with Crippen LogP contribution < -0.4 is 5.73 Å². The van der Waals surface area contributed by atoms with E-state index in [9.17, 15) is 4.39 Å². The fraction of sp³-hybridized carbons (Fsp3) is 0.538. The second-order valence-electron chi connectivity index (χ2n) is 4.23. The predicted octanol–water partition coefficient (Wildman–Crippen LogP) is 2.56. The first-order chi connectivity index (χ1) is 7.60. The van der Waals surface area contributed by atoms with E-state index in [4.69, 9.17) is 5.73 Å². The van der Waals surface area contributed by atoms with Crippen LogP contribution in [0.25, 0.3) is 0 Å². The zero-order valence-electron chi connectivity index (χ0n) is 10.3. The highest BCUT2D eigenvalue weighted by Gasteiger charge is 2.20. The zero-order chi connectivity index (χ0) is 12.1. The summed E-state index contributed by atoms with van der Waals surface area (Å²) in [5.74, 6) is -0.198. The largest absolute Gasteiger partial charge is 0.329 e. The van der Waals surface area contributed by atoms with E-state index in [1.807, 2.05) is 6.07 Å². The van der Waals surface area contributed by atoms with Crippen LogP contribution >= 0.6 is 0 Å². The fourth-order valence-electron chi connectivity index (χ4n) is 2.12. The average Bonchev–Trinajstić information content (AvgIpc) is 2.25. The Hall–Kier alpha value is -0.930. The summed E-state index contributed by atoms with van der Waals surface area (Å²) in [6.45, 7) is 7.78. The lowest BCUT2D eigenvalue weighted by Crippen LogP contribution is -2.38. The van der Waals surface area contributed by atoms with Gasteiger partial charge in [-0.2, -0.15) is 0 Å². The minimum absolute atomic E-state index is 0.0979. The van der Waals surface area contributed by atoms with Crippen molar-refractivity contribution in [1.29, 1.82) is 0 Å². The van der Waals surface area contributed by atoms with Gasteiger partial charge in [0.1, 0.15) is 5.82 Å². The van der Waals surface area contributed by atoms with Crippen molar-refractivity contribution in [2.45, 2.75) is 32.9 Å². The Morgan fingerprint density at radius 1 is 1.38 bits per heavy atom. The van der Waals surface area contributed by atoms with Crippen LogP contribution in [0, 0.1) is 5.82 Å². The molecule has 1 aromatic carbocycles. The van der Waals surface area contributed by atoms with Gasteiger partial charge in [-0.3, -0.25) is 4.90 Å². The Balaban J connectivity index is 2.96. The molecule has 16 heavy (non-hydrogen) atoms. The lowest BCUT2D eigenvalue weighted by Gasteiger charge is -2.33. The smallest absolute Gasteiger partial charge is 0.123 e. The van der Waals surface area contributed by atoms with Crippen molar-refractivity contribution in [3.63, 3.8) is 0 Å². The number of rotatable bonds is 5. The van der Waals surface area contributed by atoms with E-state index in [1.54, 1.807) is 12.1 Å². The molecule has 1 atom stereocenters. The van der Waals surface area contributed by atoms with Gasteiger partial charge in [-0.05, 0) is 38.1 Å². The van der Waals surface area contributed by atoms with Crippen molar-refractivity contribution in [2.75, 3.05) is 13.1 Å². The SMILES string of the molecule is CCN(C(C)C)C(CN)c1cccc(F)c1. The topological polar surface area (TPSA) is 29.3 Å². The first-order valence-corrected chi connectivity index (χ1v) is 5.81. The summed E-state index contributed by atoms with van der Waals surface area (Å²) in [5.41, 5.74) is 6.76. The van der Waals surface area contributed by atoms with Crippen LogP contribution in [0.2, 0.25) is 0 Å². The summed E-state index contributed by atoms with van der Waals surface area (Å²) in [5, 5.41) is 0. The van der Waals surface area contributed by atoms with Crippen molar-refractivity contribution in [2.24, 2.45) is 5.73 Å². The number of hydrogen-bond donors (Lipinski definition) is 1. The lowest BCUT2D eigenvalue weighted by molar-refractivity contribution is 0.166. The molecule has 0 radical (unpaired) electrons. The number of benzene rings is 1. The molecule has 1 unspecified atom stereocenters. The summed E-state index contributed by atoms with van der Waals surface area (Å²) in [6, 6.07) is 7.21. The van der Waals surface area contributed by atoms with Gasteiger partial charge in [-0.1, -0.05) is 19.1 Å². The summed E-state index contributed by atoms with van der Waals surface area (Å²) in [6.07, 6.45) is 0. The van der Waals surface area contributed by atoms with Crippen molar-refractivity contribution in [3.8, 4) is 0 Å². The second-order valence-corrected chi connectivity index (χ2v) is 4.23. The van der Waals surface area contributed by atoms with Gasteiger partial charge < -0.3 is 5.73 Å². The first-order valence-electron chi connectivity index (χ1n) is 5.81. The number of halogens is 1. The van der Waals surface area contributed by atoms with E-state index >= 15 is 0 Å². The Labute approximate surface area is 97.3 Å². The van der Waals surface area contributed by atoms with E-state index < -0.39 is 0 Å². The Morgan fingerprint density at radius 3 is 2.50 bits per heavy atom. The average molecular weight is 224 g/mol. The molecule has 0 heterocycles. The molecule has 0 spiro atoms. The van der Waals surface area contributed by atoms with Crippen molar-refractivity contribution in [3.05, 3.63) is 35.6 Å². The third-order valence-electron chi connectivity index (χ3n) is 2.89. The summed E-state index contributed by atoms with van der Waals surface area (Å²) >= 11 is 0. The Kier molecular flexibility index (Phi) is 4.90. The summed E-state index contributed by atoms with van der Waals surface area (Å²) in [4.78, 5) is 2.27. The Morgan fingerprint density at radius 2 is 2.06 bits per heavy atom. The summed E-state index contributed by atoms with van der Waals surface area (Å²) in [7, 11) is 0. The highest BCUT2D eigenvalue weighted by atomic mass is 19.1. The molecule has 1 aromatic rings. The third-order valence-corrected chi connectivity index (χ3v) is 2.89. The highest BCUT2D eigenvalue weighted by molar-refractivity contribution is 5.20. The molecule has 0 aliphatic rings. The van der Waals surface area contributed by atoms with Crippen molar-refractivity contribution in [1.82, 2.24) is 4.90 Å². The monoisotopic (exact) mass is 224 g/mol. The van der Waals surface area contributed by atoms with Crippen LogP contribution in [0.5, 0.6) is 0 Å². The standard InChI is InChI=1S/C13H21FN2/c1-4-16(10(2)3)13(9-15)11-6-5-7-12(14)8-11/h5-8,10,13H,4,9,15H2,1-3H3. The number of nitrogens with two attached hydrogens (primary N) is 1. The second kappa shape index (κ2) is 5.97.